The Labute approximate surface area is 71.5 Å². The van der Waals surface area contributed by atoms with E-state index >= 15 is 0 Å². The van der Waals surface area contributed by atoms with Crippen molar-refractivity contribution in [1.82, 2.24) is 4.98 Å². The number of allylic oxidation sites excluding steroid dienone is 2. The predicted octanol–water partition coefficient (Wildman–Crippen LogP) is 3.10. The quantitative estimate of drug-likeness (QED) is 0.624. The maximum absolute atomic E-state index is 4.19. The number of hydrogen-bond donors (Lipinski definition) is 0. The van der Waals surface area contributed by atoms with Gasteiger partial charge in [-0.1, -0.05) is 23.9 Å². The van der Waals surface area contributed by atoms with Crippen LogP contribution in [0.15, 0.2) is 40.4 Å². The summed E-state index contributed by atoms with van der Waals surface area (Å²) in [5, 5.41) is 1.06. The van der Waals surface area contributed by atoms with Gasteiger partial charge in [-0.05, 0) is 30.9 Å². The highest BCUT2D eigenvalue weighted by Gasteiger charge is 1.92. The minimum Gasteiger partial charge on any atom is -0.250 e. The van der Waals surface area contributed by atoms with Crippen LogP contribution < -0.4 is 0 Å². The Balaban J connectivity index is 2.65. The zero-order valence-electron chi connectivity index (χ0n) is 6.74. The van der Waals surface area contributed by atoms with E-state index < -0.39 is 0 Å². The Bertz CT molecular complexity index is 241. The summed E-state index contributed by atoms with van der Waals surface area (Å²) < 4.78 is 0. The van der Waals surface area contributed by atoms with Gasteiger partial charge in [0.1, 0.15) is 5.03 Å². The van der Waals surface area contributed by atoms with E-state index in [0.29, 0.717) is 0 Å². The van der Waals surface area contributed by atoms with Gasteiger partial charge in [0.15, 0.2) is 0 Å². The van der Waals surface area contributed by atoms with Crippen molar-refractivity contribution in [2.75, 3.05) is 0 Å². The van der Waals surface area contributed by atoms with Crippen LogP contribution in [-0.2, 0) is 0 Å². The summed E-state index contributed by atoms with van der Waals surface area (Å²) in [7, 11) is 0. The van der Waals surface area contributed by atoms with Gasteiger partial charge in [-0.15, -0.1) is 0 Å². The number of aromatic nitrogens is 1. The molecule has 0 atom stereocenters. The molecule has 0 aromatic carbocycles. The monoisotopic (exact) mass is 165 g/mol. The molecule has 2 heteroatoms. The SMILES string of the molecule is CC=C(C)Sc1ccccn1. The molecule has 0 fully saturated rings. The molecule has 1 nitrogen and oxygen atoms in total. The fourth-order valence-corrected chi connectivity index (χ4v) is 1.34. The van der Waals surface area contributed by atoms with Gasteiger partial charge in [0.2, 0.25) is 0 Å². The Kier molecular flexibility index (Phi) is 3.17. The molecule has 1 aromatic rings. The highest BCUT2D eigenvalue weighted by molar-refractivity contribution is 8.03. The summed E-state index contributed by atoms with van der Waals surface area (Å²) in [4.78, 5) is 5.47. The molecule has 58 valence electrons. The summed E-state index contributed by atoms with van der Waals surface area (Å²) in [5.74, 6) is 0. The fraction of sp³-hybridized carbons (Fsp3) is 0.222. The second-order valence-electron chi connectivity index (χ2n) is 2.17. The molecule has 0 aliphatic carbocycles. The van der Waals surface area contributed by atoms with Crippen LogP contribution in [0.2, 0.25) is 0 Å². The van der Waals surface area contributed by atoms with E-state index in [1.807, 2.05) is 31.3 Å². The molecule has 0 unspecified atom stereocenters. The molecule has 0 aliphatic rings. The third-order valence-electron chi connectivity index (χ3n) is 1.31. The number of pyridine rings is 1. The lowest BCUT2D eigenvalue weighted by molar-refractivity contribution is 1.14. The van der Waals surface area contributed by atoms with Gasteiger partial charge < -0.3 is 0 Å². The first kappa shape index (κ1) is 8.34. The molecular formula is C9H11NS. The van der Waals surface area contributed by atoms with Crippen molar-refractivity contribution in [3.05, 3.63) is 35.4 Å². The maximum atomic E-state index is 4.19. The van der Waals surface area contributed by atoms with Crippen molar-refractivity contribution in [1.29, 1.82) is 0 Å². The van der Waals surface area contributed by atoms with Crippen LogP contribution in [0.4, 0.5) is 0 Å². The zero-order chi connectivity index (χ0) is 8.10. The van der Waals surface area contributed by atoms with Gasteiger partial charge in [-0.2, -0.15) is 0 Å². The third kappa shape index (κ3) is 2.76. The van der Waals surface area contributed by atoms with Gasteiger partial charge in [-0.25, -0.2) is 4.98 Å². The number of hydrogen-bond acceptors (Lipinski definition) is 2. The van der Waals surface area contributed by atoms with Crippen LogP contribution in [0.5, 0.6) is 0 Å². The second-order valence-corrected chi connectivity index (χ2v) is 3.44. The Morgan fingerprint density at radius 1 is 1.55 bits per heavy atom. The van der Waals surface area contributed by atoms with Crippen LogP contribution in [0.3, 0.4) is 0 Å². The molecule has 0 saturated heterocycles. The molecule has 0 radical (unpaired) electrons. The molecule has 0 spiro atoms. The zero-order valence-corrected chi connectivity index (χ0v) is 7.56. The normalized spacial score (nSPS) is 11.6. The van der Waals surface area contributed by atoms with E-state index in [9.17, 15) is 0 Å². The molecule has 0 bridgehead atoms. The molecule has 1 aromatic heterocycles. The molecule has 0 aliphatic heterocycles. The molecule has 11 heavy (non-hydrogen) atoms. The second kappa shape index (κ2) is 4.19. The van der Waals surface area contributed by atoms with Gasteiger partial charge in [0.05, 0.1) is 0 Å². The topological polar surface area (TPSA) is 12.9 Å². The van der Waals surface area contributed by atoms with Crippen molar-refractivity contribution in [2.45, 2.75) is 18.9 Å². The first-order valence-electron chi connectivity index (χ1n) is 3.54. The summed E-state index contributed by atoms with van der Waals surface area (Å²) >= 11 is 1.69. The molecule has 0 N–H and O–H groups in total. The number of rotatable bonds is 2. The lowest BCUT2D eigenvalue weighted by Crippen LogP contribution is -1.75. The van der Waals surface area contributed by atoms with E-state index in [-0.39, 0.29) is 0 Å². The van der Waals surface area contributed by atoms with Gasteiger partial charge >= 0.3 is 0 Å². The Hall–Kier alpha value is -0.760. The summed E-state index contributed by atoms with van der Waals surface area (Å²) in [6.45, 7) is 4.12. The summed E-state index contributed by atoms with van der Waals surface area (Å²) in [5.41, 5.74) is 0. The maximum Gasteiger partial charge on any atom is 0.100 e. The Morgan fingerprint density at radius 2 is 2.36 bits per heavy atom. The van der Waals surface area contributed by atoms with E-state index in [4.69, 9.17) is 0 Å². The molecule has 1 rings (SSSR count). The molecular weight excluding hydrogens is 154 g/mol. The molecule has 0 saturated carbocycles. The first-order chi connectivity index (χ1) is 5.33. The van der Waals surface area contributed by atoms with Crippen molar-refractivity contribution >= 4 is 11.8 Å². The average Bonchev–Trinajstić information content (AvgIpc) is 2.06. The number of thioether (sulfide) groups is 1. The standard InChI is InChI=1S/C9H11NS/c1-3-8(2)11-9-6-4-5-7-10-9/h3-7H,1-2H3. The van der Waals surface area contributed by atoms with E-state index in [1.54, 1.807) is 11.8 Å². The van der Waals surface area contributed by atoms with Gasteiger partial charge in [0, 0.05) is 6.20 Å². The number of nitrogens with zero attached hydrogens (tertiary/aromatic N) is 1. The van der Waals surface area contributed by atoms with Crippen LogP contribution in [0, 0.1) is 0 Å². The van der Waals surface area contributed by atoms with E-state index in [1.165, 1.54) is 4.91 Å². The largest absolute Gasteiger partial charge is 0.250 e. The lowest BCUT2D eigenvalue weighted by atomic mass is 10.5. The molecule has 0 amide bonds. The van der Waals surface area contributed by atoms with Crippen molar-refractivity contribution in [3.63, 3.8) is 0 Å². The average molecular weight is 165 g/mol. The van der Waals surface area contributed by atoms with Crippen molar-refractivity contribution in [2.24, 2.45) is 0 Å². The van der Waals surface area contributed by atoms with Gasteiger partial charge in [0.25, 0.3) is 0 Å². The van der Waals surface area contributed by atoms with Gasteiger partial charge in [-0.3, -0.25) is 0 Å². The van der Waals surface area contributed by atoms with E-state index in [2.05, 4.69) is 18.0 Å². The lowest BCUT2D eigenvalue weighted by Gasteiger charge is -1.97. The van der Waals surface area contributed by atoms with Crippen LogP contribution in [0.25, 0.3) is 0 Å². The van der Waals surface area contributed by atoms with Crippen LogP contribution >= 0.6 is 11.8 Å². The fourth-order valence-electron chi connectivity index (χ4n) is 0.631. The van der Waals surface area contributed by atoms with E-state index in [0.717, 1.165) is 5.03 Å². The van der Waals surface area contributed by atoms with Crippen molar-refractivity contribution in [3.8, 4) is 0 Å². The summed E-state index contributed by atoms with van der Waals surface area (Å²) in [6.07, 6.45) is 3.89. The van der Waals surface area contributed by atoms with Crippen LogP contribution in [-0.4, -0.2) is 4.98 Å². The minimum atomic E-state index is 1.06. The highest BCUT2D eigenvalue weighted by atomic mass is 32.2. The first-order valence-corrected chi connectivity index (χ1v) is 4.36. The van der Waals surface area contributed by atoms with Crippen molar-refractivity contribution < 1.29 is 0 Å². The van der Waals surface area contributed by atoms with Crippen LogP contribution in [0.1, 0.15) is 13.8 Å². The molecule has 1 heterocycles. The highest BCUT2D eigenvalue weighted by Crippen LogP contribution is 2.22. The predicted molar refractivity (Wildman–Crippen MR) is 49.5 cm³/mol. The minimum absolute atomic E-state index is 1.06. The summed E-state index contributed by atoms with van der Waals surface area (Å²) in [6, 6.07) is 5.94. The Morgan fingerprint density at radius 3 is 2.91 bits per heavy atom. The third-order valence-corrected chi connectivity index (χ3v) is 2.32. The smallest absolute Gasteiger partial charge is 0.100 e.